The minimum atomic E-state index is -0.382. The van der Waals surface area contributed by atoms with Crippen molar-refractivity contribution >= 4 is 0 Å². The van der Waals surface area contributed by atoms with Crippen LogP contribution in [0.15, 0.2) is 18.2 Å². The van der Waals surface area contributed by atoms with Crippen LogP contribution < -0.4 is 14.2 Å². The number of rotatable bonds is 11. The van der Waals surface area contributed by atoms with Crippen molar-refractivity contribution in [2.45, 2.75) is 45.3 Å². The van der Waals surface area contributed by atoms with Gasteiger partial charge in [-0.05, 0) is 25.5 Å². The van der Waals surface area contributed by atoms with Crippen LogP contribution >= 0.6 is 0 Å². The van der Waals surface area contributed by atoms with Crippen molar-refractivity contribution in [2.75, 3.05) is 27.4 Å². The third-order valence-electron chi connectivity index (χ3n) is 3.25. The van der Waals surface area contributed by atoms with Crippen LogP contribution in [0.3, 0.4) is 0 Å². The summed E-state index contributed by atoms with van der Waals surface area (Å²) in [5.41, 5.74) is 0. The number of methoxy groups -OCH3 is 2. The van der Waals surface area contributed by atoms with E-state index in [4.69, 9.17) is 18.9 Å². The highest BCUT2D eigenvalue weighted by molar-refractivity contribution is 5.45. The second-order valence-corrected chi connectivity index (χ2v) is 5.24. The van der Waals surface area contributed by atoms with E-state index in [9.17, 15) is 5.11 Å². The van der Waals surface area contributed by atoms with E-state index in [1.54, 1.807) is 21.1 Å². The zero-order valence-corrected chi connectivity index (χ0v) is 14.0. The normalized spacial score (nSPS) is 13.5. The van der Waals surface area contributed by atoms with Crippen molar-refractivity contribution < 1.29 is 24.1 Å². The molecule has 0 saturated carbocycles. The Labute approximate surface area is 133 Å². The number of hydrogen-bond acceptors (Lipinski definition) is 5. The van der Waals surface area contributed by atoms with E-state index < -0.39 is 0 Å². The van der Waals surface area contributed by atoms with Gasteiger partial charge in [-0.3, -0.25) is 0 Å². The van der Waals surface area contributed by atoms with Gasteiger partial charge in [0.2, 0.25) is 0 Å². The molecule has 1 N–H and O–H groups in total. The van der Waals surface area contributed by atoms with Gasteiger partial charge in [0.25, 0.3) is 0 Å². The summed E-state index contributed by atoms with van der Waals surface area (Å²) in [5, 5.41) is 9.50. The van der Waals surface area contributed by atoms with Crippen molar-refractivity contribution in [1.82, 2.24) is 0 Å². The van der Waals surface area contributed by atoms with E-state index in [0.717, 1.165) is 18.6 Å². The van der Waals surface area contributed by atoms with Crippen LogP contribution in [0.2, 0.25) is 0 Å². The first-order chi connectivity index (χ1) is 10.6. The summed E-state index contributed by atoms with van der Waals surface area (Å²) in [4.78, 5) is 0. The van der Waals surface area contributed by atoms with Gasteiger partial charge in [-0.2, -0.15) is 0 Å². The average molecular weight is 312 g/mol. The summed E-state index contributed by atoms with van der Waals surface area (Å²) in [6.07, 6.45) is 1.85. The Bertz CT molecular complexity index is 420. The fourth-order valence-corrected chi connectivity index (χ4v) is 2.10. The molecule has 0 amide bonds. The number of benzene rings is 1. The summed E-state index contributed by atoms with van der Waals surface area (Å²) in [6.45, 7) is 5.02. The molecule has 0 aliphatic heterocycles. The molecular weight excluding hydrogens is 284 g/mol. The van der Waals surface area contributed by atoms with Gasteiger partial charge in [0.05, 0.1) is 19.8 Å². The maximum atomic E-state index is 9.50. The predicted octanol–water partition coefficient (Wildman–Crippen LogP) is 3.04. The summed E-state index contributed by atoms with van der Waals surface area (Å²) >= 11 is 0. The lowest BCUT2D eigenvalue weighted by atomic mass is 10.1. The van der Waals surface area contributed by atoms with Gasteiger partial charge in [-0.15, -0.1) is 0 Å². The smallest absolute Gasteiger partial charge is 0.164 e. The van der Waals surface area contributed by atoms with E-state index in [1.807, 2.05) is 25.1 Å². The quantitative estimate of drug-likeness (QED) is 0.637. The summed E-state index contributed by atoms with van der Waals surface area (Å²) in [6, 6.07) is 5.51. The van der Waals surface area contributed by atoms with Crippen LogP contribution in [0, 0.1) is 0 Å². The molecule has 5 heteroatoms. The Kier molecular flexibility index (Phi) is 8.70. The molecular formula is C17H28O5. The molecule has 1 aromatic carbocycles. The van der Waals surface area contributed by atoms with E-state index in [1.165, 1.54) is 0 Å². The third-order valence-corrected chi connectivity index (χ3v) is 3.25. The molecule has 1 unspecified atom stereocenters. The first-order valence-corrected chi connectivity index (χ1v) is 7.75. The van der Waals surface area contributed by atoms with Crippen LogP contribution in [0.5, 0.6) is 17.2 Å². The molecule has 1 aromatic rings. The molecule has 0 aliphatic rings. The monoisotopic (exact) mass is 312 g/mol. The second kappa shape index (κ2) is 10.3. The minimum Gasteiger partial charge on any atom is -0.493 e. The molecule has 126 valence electrons. The van der Waals surface area contributed by atoms with Gasteiger partial charge in [-0.25, -0.2) is 0 Å². The third kappa shape index (κ3) is 6.54. The largest absolute Gasteiger partial charge is 0.493 e. The van der Waals surface area contributed by atoms with Gasteiger partial charge in [-0.1, -0.05) is 6.92 Å². The molecule has 22 heavy (non-hydrogen) atoms. The lowest BCUT2D eigenvalue weighted by Gasteiger charge is -2.20. The molecule has 0 aromatic heterocycles. The van der Waals surface area contributed by atoms with Crippen molar-refractivity contribution in [3.63, 3.8) is 0 Å². The Hall–Kier alpha value is -1.46. The highest BCUT2D eigenvalue weighted by Gasteiger charge is 2.13. The molecule has 2 atom stereocenters. The topological polar surface area (TPSA) is 57.2 Å². The van der Waals surface area contributed by atoms with E-state index in [-0.39, 0.29) is 12.2 Å². The van der Waals surface area contributed by atoms with Crippen LogP contribution in [0.1, 0.15) is 33.1 Å². The van der Waals surface area contributed by atoms with E-state index in [0.29, 0.717) is 31.1 Å². The lowest BCUT2D eigenvalue weighted by molar-refractivity contribution is 0.103. The standard InChI is InChI=1S/C17H28O5/c1-5-14(11-13(2)18)22-15-7-8-16(20-4)17(12-15)21-10-6-9-19-3/h7-8,12-14,18H,5-6,9-11H2,1-4H3/t13?,14-/m0/s1. The molecule has 0 radical (unpaired) electrons. The van der Waals surface area contributed by atoms with E-state index in [2.05, 4.69) is 0 Å². The second-order valence-electron chi connectivity index (χ2n) is 5.24. The van der Waals surface area contributed by atoms with Crippen molar-refractivity contribution in [1.29, 1.82) is 0 Å². The van der Waals surface area contributed by atoms with Crippen molar-refractivity contribution in [3.8, 4) is 17.2 Å². The Morgan fingerprint density at radius 3 is 2.50 bits per heavy atom. The molecule has 0 fully saturated rings. The van der Waals surface area contributed by atoms with Crippen LogP contribution in [0.25, 0.3) is 0 Å². The predicted molar refractivity (Wildman–Crippen MR) is 86.0 cm³/mol. The number of aliphatic hydroxyl groups is 1. The number of ether oxygens (including phenoxy) is 4. The molecule has 0 heterocycles. The maximum Gasteiger partial charge on any atom is 0.164 e. The van der Waals surface area contributed by atoms with Gasteiger partial charge in [0.15, 0.2) is 11.5 Å². The van der Waals surface area contributed by atoms with Crippen molar-refractivity contribution in [2.24, 2.45) is 0 Å². The Morgan fingerprint density at radius 2 is 1.91 bits per heavy atom. The molecule has 5 nitrogen and oxygen atoms in total. The fourth-order valence-electron chi connectivity index (χ4n) is 2.10. The van der Waals surface area contributed by atoms with Gasteiger partial charge < -0.3 is 24.1 Å². The average Bonchev–Trinajstić information content (AvgIpc) is 2.50. The lowest BCUT2D eigenvalue weighted by Crippen LogP contribution is -2.21. The molecule has 0 saturated heterocycles. The number of aliphatic hydroxyl groups excluding tert-OH is 1. The van der Waals surface area contributed by atoms with E-state index >= 15 is 0 Å². The fraction of sp³-hybridized carbons (Fsp3) is 0.647. The van der Waals surface area contributed by atoms with Crippen LogP contribution in [-0.2, 0) is 4.74 Å². The minimum absolute atomic E-state index is 0.0188. The molecule has 0 spiro atoms. The summed E-state index contributed by atoms with van der Waals surface area (Å²) < 4.78 is 22.0. The van der Waals surface area contributed by atoms with Gasteiger partial charge >= 0.3 is 0 Å². The molecule has 1 rings (SSSR count). The molecule has 0 bridgehead atoms. The highest BCUT2D eigenvalue weighted by Crippen LogP contribution is 2.32. The Morgan fingerprint density at radius 1 is 1.14 bits per heavy atom. The number of hydrogen-bond donors (Lipinski definition) is 1. The summed E-state index contributed by atoms with van der Waals surface area (Å²) in [5.74, 6) is 2.05. The zero-order valence-electron chi connectivity index (χ0n) is 14.0. The first kappa shape index (κ1) is 18.6. The van der Waals surface area contributed by atoms with Gasteiger partial charge in [0, 0.05) is 32.6 Å². The van der Waals surface area contributed by atoms with Crippen molar-refractivity contribution in [3.05, 3.63) is 18.2 Å². The molecule has 0 aliphatic carbocycles. The van der Waals surface area contributed by atoms with Crippen LogP contribution in [0.4, 0.5) is 0 Å². The highest BCUT2D eigenvalue weighted by atomic mass is 16.5. The first-order valence-electron chi connectivity index (χ1n) is 7.75. The van der Waals surface area contributed by atoms with Gasteiger partial charge in [0.1, 0.15) is 11.9 Å². The Balaban J connectivity index is 2.71. The zero-order chi connectivity index (χ0) is 16.4. The SMILES string of the molecule is CC[C@@H](CC(C)O)Oc1ccc(OC)c(OCCCOC)c1. The van der Waals surface area contributed by atoms with Crippen LogP contribution in [-0.4, -0.2) is 44.7 Å². The maximum absolute atomic E-state index is 9.50. The summed E-state index contributed by atoms with van der Waals surface area (Å²) in [7, 11) is 3.28.